The first-order valence-corrected chi connectivity index (χ1v) is 9.75. The molecule has 1 heterocycles. The summed E-state index contributed by atoms with van der Waals surface area (Å²) in [5.41, 5.74) is -0.353. The number of piperidine rings is 1. The summed E-state index contributed by atoms with van der Waals surface area (Å²) in [4.78, 5) is 35.2. The van der Waals surface area contributed by atoms with Crippen molar-refractivity contribution in [3.63, 3.8) is 0 Å². The monoisotopic (exact) mass is 393 g/mol. The van der Waals surface area contributed by atoms with Crippen molar-refractivity contribution in [2.45, 2.75) is 45.1 Å². The number of carbonyl (C=O) groups excluding carboxylic acids is 2. The first-order valence-electron chi connectivity index (χ1n) is 9.37. The third kappa shape index (κ3) is 4.58. The van der Waals surface area contributed by atoms with Crippen LogP contribution in [-0.4, -0.2) is 29.3 Å². The van der Waals surface area contributed by atoms with Crippen LogP contribution in [0.3, 0.4) is 0 Å². The molecule has 0 aromatic heterocycles. The number of hydrogen-bond acceptors (Lipinski definition) is 4. The van der Waals surface area contributed by atoms with Crippen LogP contribution < -0.4 is 10.6 Å². The van der Waals surface area contributed by atoms with Gasteiger partial charge in [-0.3, -0.25) is 19.7 Å². The van der Waals surface area contributed by atoms with Crippen molar-refractivity contribution in [3.05, 3.63) is 38.9 Å². The van der Waals surface area contributed by atoms with Gasteiger partial charge in [-0.15, -0.1) is 0 Å². The van der Waals surface area contributed by atoms with Crippen molar-refractivity contribution < 1.29 is 14.5 Å². The maximum atomic E-state index is 12.4. The highest BCUT2D eigenvalue weighted by molar-refractivity contribution is 6.31. The molecule has 4 atom stereocenters. The second-order valence-electron chi connectivity index (χ2n) is 7.69. The number of halogens is 1. The molecule has 2 fully saturated rings. The van der Waals surface area contributed by atoms with Gasteiger partial charge in [-0.2, -0.15) is 0 Å². The summed E-state index contributed by atoms with van der Waals surface area (Å²) >= 11 is 5.86. The summed E-state index contributed by atoms with van der Waals surface area (Å²) in [6, 6.07) is 4.16. The fourth-order valence-corrected chi connectivity index (χ4v) is 4.40. The lowest BCUT2D eigenvalue weighted by molar-refractivity contribution is -0.385. The summed E-state index contributed by atoms with van der Waals surface area (Å²) in [5.74, 6) is 0.525. The fraction of sp³-hybridized carbons (Fsp3) is 0.579. The number of amides is 2. The van der Waals surface area contributed by atoms with Gasteiger partial charge in [0.25, 0.3) is 11.6 Å². The van der Waals surface area contributed by atoms with E-state index in [4.69, 9.17) is 11.6 Å². The van der Waals surface area contributed by atoms with E-state index in [1.807, 2.05) is 0 Å². The SMILES string of the molecule is CC1CCC2CC(CCNC(=O)c3cc(Cl)ccc3[N+](=O)[O-])C(=O)NC2C1. The van der Waals surface area contributed by atoms with Crippen LogP contribution >= 0.6 is 11.6 Å². The Labute approximate surface area is 163 Å². The zero-order chi connectivity index (χ0) is 19.6. The smallest absolute Gasteiger partial charge is 0.282 e. The molecule has 1 aromatic carbocycles. The molecule has 8 heteroatoms. The van der Waals surface area contributed by atoms with Gasteiger partial charge in [0.05, 0.1) is 4.92 Å². The Hall–Kier alpha value is -2.15. The Balaban J connectivity index is 1.55. The van der Waals surface area contributed by atoms with E-state index < -0.39 is 10.8 Å². The molecule has 146 valence electrons. The number of fused-ring (bicyclic) bond motifs is 1. The standard InChI is InChI=1S/C19H24ClN3O4/c1-11-2-3-12-9-13(18(24)22-16(12)8-11)6-7-21-19(25)15-10-14(20)4-5-17(15)23(26)27/h4-5,10-13,16H,2-3,6-9H2,1H3,(H,21,25)(H,22,24). The highest BCUT2D eigenvalue weighted by Crippen LogP contribution is 2.36. The first kappa shape index (κ1) is 19.6. The molecule has 3 rings (SSSR count). The molecular weight excluding hydrogens is 370 g/mol. The van der Waals surface area contributed by atoms with Crippen LogP contribution in [0.25, 0.3) is 0 Å². The van der Waals surface area contributed by atoms with Crippen molar-refractivity contribution in [2.75, 3.05) is 6.54 Å². The van der Waals surface area contributed by atoms with Crippen molar-refractivity contribution in [1.29, 1.82) is 0 Å². The average Bonchev–Trinajstić information content (AvgIpc) is 2.61. The van der Waals surface area contributed by atoms with Gasteiger partial charge in [-0.1, -0.05) is 24.9 Å². The second-order valence-corrected chi connectivity index (χ2v) is 8.13. The number of benzene rings is 1. The largest absolute Gasteiger partial charge is 0.353 e. The number of carbonyl (C=O) groups is 2. The molecule has 1 aliphatic carbocycles. The lowest BCUT2D eigenvalue weighted by Crippen LogP contribution is -2.52. The minimum Gasteiger partial charge on any atom is -0.353 e. The third-order valence-corrected chi connectivity index (χ3v) is 5.95. The van der Waals surface area contributed by atoms with E-state index in [1.54, 1.807) is 0 Å². The predicted octanol–water partition coefficient (Wildman–Crippen LogP) is 3.31. The molecule has 7 nitrogen and oxygen atoms in total. The number of nitro groups is 1. The molecule has 2 amide bonds. The molecule has 0 bridgehead atoms. The molecule has 2 aliphatic rings. The van der Waals surface area contributed by atoms with Crippen LogP contribution in [0.1, 0.15) is 49.4 Å². The van der Waals surface area contributed by atoms with E-state index in [0.717, 1.165) is 19.3 Å². The normalized spacial score (nSPS) is 27.4. The van der Waals surface area contributed by atoms with E-state index >= 15 is 0 Å². The lowest BCUT2D eigenvalue weighted by atomic mass is 9.72. The van der Waals surface area contributed by atoms with Crippen LogP contribution in [0.5, 0.6) is 0 Å². The summed E-state index contributed by atoms with van der Waals surface area (Å²) in [7, 11) is 0. The van der Waals surface area contributed by atoms with E-state index in [0.29, 0.717) is 18.3 Å². The zero-order valence-electron chi connectivity index (χ0n) is 15.2. The number of nitrogens with one attached hydrogen (secondary N) is 2. The molecule has 0 spiro atoms. The topological polar surface area (TPSA) is 101 Å². The maximum absolute atomic E-state index is 12.4. The number of nitrogens with zero attached hydrogens (tertiary/aromatic N) is 1. The van der Waals surface area contributed by atoms with Gasteiger partial charge in [0.2, 0.25) is 5.91 Å². The first-order chi connectivity index (χ1) is 12.8. The summed E-state index contributed by atoms with van der Waals surface area (Å²) < 4.78 is 0. The lowest BCUT2D eigenvalue weighted by Gasteiger charge is -2.41. The highest BCUT2D eigenvalue weighted by atomic mass is 35.5. The minimum absolute atomic E-state index is 0.0494. The molecule has 1 aromatic rings. The predicted molar refractivity (Wildman–Crippen MR) is 102 cm³/mol. The fourth-order valence-electron chi connectivity index (χ4n) is 4.23. The Bertz CT molecular complexity index is 754. The molecular formula is C19H24ClN3O4. The van der Waals surface area contributed by atoms with Crippen molar-refractivity contribution >= 4 is 29.1 Å². The van der Waals surface area contributed by atoms with Crippen LogP contribution in [0.15, 0.2) is 18.2 Å². The number of hydrogen-bond donors (Lipinski definition) is 2. The van der Waals surface area contributed by atoms with Crippen LogP contribution in [-0.2, 0) is 4.79 Å². The van der Waals surface area contributed by atoms with Crippen LogP contribution in [0, 0.1) is 27.9 Å². The van der Waals surface area contributed by atoms with E-state index in [-0.39, 0.29) is 40.7 Å². The van der Waals surface area contributed by atoms with Crippen LogP contribution in [0.2, 0.25) is 5.02 Å². The van der Waals surface area contributed by atoms with Gasteiger partial charge < -0.3 is 10.6 Å². The van der Waals surface area contributed by atoms with Gasteiger partial charge in [0, 0.05) is 29.6 Å². The maximum Gasteiger partial charge on any atom is 0.282 e. The van der Waals surface area contributed by atoms with Gasteiger partial charge in [-0.25, -0.2) is 0 Å². The number of rotatable bonds is 5. The van der Waals surface area contributed by atoms with Gasteiger partial charge >= 0.3 is 0 Å². The summed E-state index contributed by atoms with van der Waals surface area (Å²) in [5, 5.41) is 17.2. The molecule has 27 heavy (non-hydrogen) atoms. The van der Waals surface area contributed by atoms with Gasteiger partial charge in [0.1, 0.15) is 5.56 Å². The molecule has 2 N–H and O–H groups in total. The Morgan fingerprint density at radius 3 is 2.89 bits per heavy atom. The third-order valence-electron chi connectivity index (χ3n) is 5.72. The van der Waals surface area contributed by atoms with E-state index in [9.17, 15) is 19.7 Å². The van der Waals surface area contributed by atoms with E-state index in [2.05, 4.69) is 17.6 Å². The molecule has 0 radical (unpaired) electrons. The highest BCUT2D eigenvalue weighted by Gasteiger charge is 2.38. The second kappa shape index (κ2) is 8.25. The van der Waals surface area contributed by atoms with E-state index in [1.165, 1.54) is 24.6 Å². The average molecular weight is 394 g/mol. The Morgan fingerprint density at radius 2 is 2.15 bits per heavy atom. The zero-order valence-corrected chi connectivity index (χ0v) is 16.0. The molecule has 4 unspecified atom stereocenters. The Kier molecular flexibility index (Phi) is 5.99. The number of nitro benzene ring substituents is 1. The quantitative estimate of drug-likeness (QED) is 0.591. The summed E-state index contributed by atoms with van der Waals surface area (Å²) in [6.07, 6.45) is 4.72. The van der Waals surface area contributed by atoms with Crippen molar-refractivity contribution in [3.8, 4) is 0 Å². The van der Waals surface area contributed by atoms with Crippen molar-refractivity contribution in [1.82, 2.24) is 10.6 Å². The minimum atomic E-state index is -0.607. The molecule has 1 aliphatic heterocycles. The van der Waals surface area contributed by atoms with Gasteiger partial charge in [0.15, 0.2) is 0 Å². The molecule has 1 saturated heterocycles. The van der Waals surface area contributed by atoms with Crippen LogP contribution in [0.4, 0.5) is 5.69 Å². The Morgan fingerprint density at radius 1 is 1.37 bits per heavy atom. The van der Waals surface area contributed by atoms with Crippen molar-refractivity contribution in [2.24, 2.45) is 17.8 Å². The van der Waals surface area contributed by atoms with Gasteiger partial charge in [-0.05, 0) is 49.7 Å². The molecule has 1 saturated carbocycles. The summed E-state index contributed by atoms with van der Waals surface area (Å²) in [6.45, 7) is 2.51.